The molecule has 4 aromatic rings. The molecule has 166 valence electrons. The van der Waals surface area contributed by atoms with Crippen molar-refractivity contribution in [3.05, 3.63) is 40.4 Å². The fourth-order valence-electron chi connectivity index (χ4n) is 4.60. The van der Waals surface area contributed by atoms with E-state index in [1.165, 1.54) is 12.8 Å². The Bertz CT molecular complexity index is 1300. The van der Waals surface area contributed by atoms with Crippen molar-refractivity contribution < 1.29 is 0 Å². The Kier molecular flexibility index (Phi) is 4.80. The minimum atomic E-state index is 0.351. The largest absolute Gasteiger partial charge is 0.360 e. The normalized spacial score (nSPS) is 18.1. The predicted molar refractivity (Wildman–Crippen MR) is 126 cm³/mol. The third-order valence-corrected chi connectivity index (χ3v) is 7.17. The highest BCUT2D eigenvalue weighted by molar-refractivity contribution is 6.32. The molecule has 32 heavy (non-hydrogen) atoms. The summed E-state index contributed by atoms with van der Waals surface area (Å²) in [4.78, 5) is 20.3. The quantitative estimate of drug-likeness (QED) is 0.468. The van der Waals surface area contributed by atoms with Crippen molar-refractivity contribution in [1.29, 1.82) is 0 Å². The lowest BCUT2D eigenvalue weighted by Crippen LogP contribution is -2.32. The van der Waals surface area contributed by atoms with Gasteiger partial charge in [-0.05, 0) is 70.4 Å². The van der Waals surface area contributed by atoms with Crippen LogP contribution in [0.4, 0.5) is 5.82 Å². The topological polar surface area (TPSA) is 87.5 Å². The number of H-pyrrole nitrogens is 1. The molecule has 6 rings (SSSR count). The molecule has 1 aromatic carbocycles. The van der Waals surface area contributed by atoms with E-state index in [2.05, 4.69) is 26.9 Å². The minimum Gasteiger partial charge on any atom is -0.360 e. The molecule has 1 aliphatic heterocycles. The first kappa shape index (κ1) is 19.9. The second-order valence-electron chi connectivity index (χ2n) is 9.17. The van der Waals surface area contributed by atoms with Crippen LogP contribution in [0.1, 0.15) is 54.7 Å². The zero-order chi connectivity index (χ0) is 21.8. The van der Waals surface area contributed by atoms with E-state index >= 15 is 0 Å². The summed E-state index contributed by atoms with van der Waals surface area (Å²) >= 11 is 6.26. The summed E-state index contributed by atoms with van der Waals surface area (Å²) in [5, 5.41) is 9.15. The van der Waals surface area contributed by atoms with Gasteiger partial charge in [-0.15, -0.1) is 0 Å². The molecule has 1 saturated heterocycles. The van der Waals surface area contributed by atoms with E-state index in [1.54, 1.807) is 0 Å². The number of aromatic nitrogens is 6. The van der Waals surface area contributed by atoms with Crippen LogP contribution in [0.3, 0.4) is 0 Å². The van der Waals surface area contributed by atoms with Crippen LogP contribution in [-0.4, -0.2) is 54.8 Å². The monoisotopic (exact) mass is 450 g/mol. The fraction of sp³-hybridized carbons (Fsp3) is 0.478. The number of rotatable bonds is 5. The first-order valence-corrected chi connectivity index (χ1v) is 11.8. The predicted octanol–water partition coefficient (Wildman–Crippen LogP) is 4.42. The van der Waals surface area contributed by atoms with Gasteiger partial charge < -0.3 is 15.2 Å². The Labute approximate surface area is 191 Å². The van der Waals surface area contributed by atoms with E-state index in [1.807, 2.05) is 25.3 Å². The van der Waals surface area contributed by atoms with E-state index in [-0.39, 0.29) is 0 Å². The molecule has 0 radical (unpaired) electrons. The lowest BCUT2D eigenvalue weighted by Gasteiger charge is -2.29. The molecular weight excluding hydrogens is 424 g/mol. The number of nitrogens with zero attached hydrogens (tertiary/aromatic N) is 6. The van der Waals surface area contributed by atoms with Gasteiger partial charge in [-0.2, -0.15) is 5.10 Å². The van der Waals surface area contributed by atoms with E-state index in [0.29, 0.717) is 18.5 Å². The van der Waals surface area contributed by atoms with Gasteiger partial charge in [-0.1, -0.05) is 11.6 Å². The van der Waals surface area contributed by atoms with Gasteiger partial charge in [-0.3, -0.25) is 0 Å². The van der Waals surface area contributed by atoms with Gasteiger partial charge in [0, 0.05) is 17.1 Å². The van der Waals surface area contributed by atoms with E-state index in [9.17, 15) is 0 Å². The Morgan fingerprint density at radius 3 is 2.72 bits per heavy atom. The standard InChI is InChI=1S/C23H27ClN8/c1-13-16(24)5-6-17-20(13)29-19(27-17)12-26-22-21-23(28-18(11-25-21)14-3-4-14)32(30-22)15-7-9-31(2)10-8-15/h5-6,11,14-15H,3-4,7-10,12H2,1-2H3,(H,26,30)(H,27,29). The first-order valence-electron chi connectivity index (χ1n) is 11.4. The number of hydrogen-bond donors (Lipinski definition) is 2. The van der Waals surface area contributed by atoms with Crippen molar-refractivity contribution in [1.82, 2.24) is 34.6 Å². The second kappa shape index (κ2) is 7.71. The number of halogens is 1. The van der Waals surface area contributed by atoms with Crippen molar-refractivity contribution in [3.8, 4) is 0 Å². The highest BCUT2D eigenvalue weighted by Gasteiger charge is 2.28. The summed E-state index contributed by atoms with van der Waals surface area (Å²) in [6.45, 7) is 4.67. The van der Waals surface area contributed by atoms with Crippen molar-refractivity contribution in [2.75, 3.05) is 25.5 Å². The van der Waals surface area contributed by atoms with Crippen molar-refractivity contribution in [3.63, 3.8) is 0 Å². The van der Waals surface area contributed by atoms with E-state index in [4.69, 9.17) is 31.7 Å². The highest BCUT2D eigenvalue weighted by atomic mass is 35.5. The van der Waals surface area contributed by atoms with Crippen LogP contribution < -0.4 is 5.32 Å². The number of nitrogens with one attached hydrogen (secondary N) is 2. The summed E-state index contributed by atoms with van der Waals surface area (Å²) < 4.78 is 2.12. The maximum atomic E-state index is 6.26. The number of likely N-dealkylation sites (tertiary alicyclic amines) is 1. The van der Waals surface area contributed by atoms with Gasteiger partial charge in [0.05, 0.1) is 29.3 Å². The molecule has 0 amide bonds. The Balaban J connectivity index is 1.32. The molecule has 4 heterocycles. The molecule has 0 unspecified atom stereocenters. The molecule has 1 aliphatic carbocycles. The number of hydrogen-bond acceptors (Lipinski definition) is 6. The summed E-state index contributed by atoms with van der Waals surface area (Å²) in [6, 6.07) is 4.22. The molecule has 2 N–H and O–H groups in total. The van der Waals surface area contributed by atoms with E-state index in [0.717, 1.165) is 76.1 Å². The number of aryl methyl sites for hydroxylation is 1. The Morgan fingerprint density at radius 1 is 1.12 bits per heavy atom. The third kappa shape index (κ3) is 3.51. The van der Waals surface area contributed by atoms with Gasteiger partial charge in [0.2, 0.25) is 0 Å². The van der Waals surface area contributed by atoms with Gasteiger partial charge >= 0.3 is 0 Å². The Hall–Kier alpha value is -2.71. The molecular formula is C23H27ClN8. The van der Waals surface area contributed by atoms with Crippen LogP contribution in [0.15, 0.2) is 18.3 Å². The van der Waals surface area contributed by atoms with Crippen molar-refractivity contribution in [2.24, 2.45) is 0 Å². The van der Waals surface area contributed by atoms with Crippen molar-refractivity contribution >= 4 is 39.6 Å². The van der Waals surface area contributed by atoms with Crippen LogP contribution in [0.2, 0.25) is 5.02 Å². The molecule has 8 nitrogen and oxygen atoms in total. The summed E-state index contributed by atoms with van der Waals surface area (Å²) in [5.74, 6) is 2.17. The maximum absolute atomic E-state index is 6.26. The summed E-state index contributed by atoms with van der Waals surface area (Å²) in [5.41, 5.74) is 5.72. The van der Waals surface area contributed by atoms with E-state index < -0.39 is 0 Å². The number of imidazole rings is 1. The SMILES string of the molecule is Cc1c(Cl)ccc2[nH]c(CNc3nn(C4CCN(C)CC4)c4nc(C5CC5)cnc34)nc12. The fourth-order valence-corrected chi connectivity index (χ4v) is 4.75. The average molecular weight is 451 g/mol. The average Bonchev–Trinajstić information content (AvgIpc) is 3.47. The van der Waals surface area contributed by atoms with Crippen molar-refractivity contribution in [2.45, 2.75) is 51.1 Å². The molecule has 3 aromatic heterocycles. The molecule has 2 aliphatic rings. The zero-order valence-corrected chi connectivity index (χ0v) is 19.2. The lowest BCUT2D eigenvalue weighted by atomic mass is 10.1. The first-order chi connectivity index (χ1) is 15.6. The third-order valence-electron chi connectivity index (χ3n) is 6.77. The van der Waals surface area contributed by atoms with Crippen LogP contribution in [0, 0.1) is 6.92 Å². The van der Waals surface area contributed by atoms with Crippen LogP contribution in [0.5, 0.6) is 0 Å². The number of benzene rings is 1. The van der Waals surface area contributed by atoms with Crippen LogP contribution in [-0.2, 0) is 6.54 Å². The number of aromatic amines is 1. The molecule has 0 bridgehead atoms. The molecule has 9 heteroatoms. The van der Waals surface area contributed by atoms with Gasteiger partial charge in [-0.25, -0.2) is 19.6 Å². The molecule has 1 saturated carbocycles. The van der Waals surface area contributed by atoms with Crippen LogP contribution >= 0.6 is 11.6 Å². The lowest BCUT2D eigenvalue weighted by molar-refractivity contribution is 0.215. The smallest absolute Gasteiger partial charge is 0.179 e. The van der Waals surface area contributed by atoms with Crippen LogP contribution in [0.25, 0.3) is 22.2 Å². The molecule has 0 spiro atoms. The number of anilines is 1. The second-order valence-corrected chi connectivity index (χ2v) is 9.58. The Morgan fingerprint density at radius 2 is 1.94 bits per heavy atom. The molecule has 0 atom stereocenters. The zero-order valence-electron chi connectivity index (χ0n) is 18.4. The van der Waals surface area contributed by atoms with Gasteiger partial charge in [0.15, 0.2) is 17.0 Å². The number of piperidine rings is 1. The summed E-state index contributed by atoms with van der Waals surface area (Å²) in [6.07, 6.45) is 6.50. The summed E-state index contributed by atoms with van der Waals surface area (Å²) in [7, 11) is 2.18. The van der Waals surface area contributed by atoms with Gasteiger partial charge in [0.1, 0.15) is 5.82 Å². The minimum absolute atomic E-state index is 0.351. The van der Waals surface area contributed by atoms with Gasteiger partial charge in [0.25, 0.3) is 0 Å². The maximum Gasteiger partial charge on any atom is 0.179 e. The number of fused-ring (bicyclic) bond motifs is 2. The highest BCUT2D eigenvalue weighted by Crippen LogP contribution is 2.39. The molecule has 2 fully saturated rings.